The lowest BCUT2D eigenvalue weighted by atomic mass is 9.93. The summed E-state index contributed by atoms with van der Waals surface area (Å²) in [7, 11) is 0. The van der Waals surface area contributed by atoms with Gasteiger partial charge in [-0.15, -0.1) is 0 Å². The van der Waals surface area contributed by atoms with Crippen molar-refractivity contribution in [2.75, 3.05) is 6.54 Å². The van der Waals surface area contributed by atoms with Crippen LogP contribution >= 0.6 is 0 Å². The SMILES string of the molecule is NCC(=O)C(=O)C(Cc1ccccc1)C(=O)OCc1ccccc1. The van der Waals surface area contributed by atoms with Crippen molar-refractivity contribution < 1.29 is 19.1 Å². The Hall–Kier alpha value is -2.79. The lowest BCUT2D eigenvalue weighted by Crippen LogP contribution is -2.36. The number of ketones is 2. The van der Waals surface area contributed by atoms with Gasteiger partial charge in [0.25, 0.3) is 0 Å². The van der Waals surface area contributed by atoms with Gasteiger partial charge in [-0.2, -0.15) is 0 Å². The summed E-state index contributed by atoms with van der Waals surface area (Å²) in [6, 6.07) is 18.1. The van der Waals surface area contributed by atoms with Crippen molar-refractivity contribution >= 4 is 17.5 Å². The molecule has 0 amide bonds. The molecule has 0 fully saturated rings. The van der Waals surface area contributed by atoms with Crippen molar-refractivity contribution in [2.24, 2.45) is 11.7 Å². The van der Waals surface area contributed by atoms with Gasteiger partial charge < -0.3 is 10.5 Å². The van der Waals surface area contributed by atoms with Gasteiger partial charge in [0, 0.05) is 0 Å². The molecule has 2 N–H and O–H groups in total. The number of carbonyl (C=O) groups excluding carboxylic acids is 3. The Morgan fingerprint density at radius 3 is 1.96 bits per heavy atom. The lowest BCUT2D eigenvalue weighted by molar-refractivity contribution is -0.155. The third kappa shape index (κ3) is 4.86. The van der Waals surface area contributed by atoms with Crippen molar-refractivity contribution in [1.82, 2.24) is 0 Å². The molecule has 0 bridgehead atoms. The molecule has 2 aromatic rings. The largest absolute Gasteiger partial charge is 0.460 e. The molecule has 0 aromatic heterocycles. The van der Waals surface area contributed by atoms with E-state index in [1.807, 2.05) is 36.4 Å². The topological polar surface area (TPSA) is 86.5 Å². The second kappa shape index (κ2) is 8.74. The Morgan fingerprint density at radius 1 is 0.875 bits per heavy atom. The highest BCUT2D eigenvalue weighted by Crippen LogP contribution is 2.14. The predicted octanol–water partition coefficient (Wildman–Crippen LogP) is 1.69. The fraction of sp³-hybridized carbons (Fsp3) is 0.211. The first kappa shape index (κ1) is 17.6. The molecule has 2 rings (SSSR count). The molecule has 0 heterocycles. The van der Waals surface area contributed by atoms with Crippen molar-refractivity contribution in [2.45, 2.75) is 13.0 Å². The van der Waals surface area contributed by atoms with E-state index in [-0.39, 0.29) is 13.0 Å². The molecule has 1 atom stereocenters. The zero-order chi connectivity index (χ0) is 17.4. The molecule has 0 spiro atoms. The quantitative estimate of drug-likeness (QED) is 0.453. The fourth-order valence-corrected chi connectivity index (χ4v) is 2.26. The third-order valence-corrected chi connectivity index (χ3v) is 3.57. The van der Waals surface area contributed by atoms with Gasteiger partial charge in [0.2, 0.25) is 11.6 Å². The maximum atomic E-state index is 12.3. The zero-order valence-corrected chi connectivity index (χ0v) is 13.2. The second-order valence-electron chi connectivity index (χ2n) is 5.33. The standard InChI is InChI=1S/C19H19NO4/c20-12-17(21)18(22)16(11-14-7-3-1-4-8-14)19(23)24-13-15-9-5-2-6-10-15/h1-10,16H,11-13,20H2. The monoisotopic (exact) mass is 325 g/mol. The summed E-state index contributed by atoms with van der Waals surface area (Å²) < 4.78 is 5.23. The summed E-state index contributed by atoms with van der Waals surface area (Å²) in [4.78, 5) is 36.2. The summed E-state index contributed by atoms with van der Waals surface area (Å²) in [5.41, 5.74) is 6.83. The molecular formula is C19H19NO4. The number of ether oxygens (including phenoxy) is 1. The molecule has 0 aliphatic heterocycles. The average Bonchev–Trinajstić information content (AvgIpc) is 2.64. The molecule has 0 radical (unpaired) electrons. The van der Waals surface area contributed by atoms with Crippen LogP contribution in [0.15, 0.2) is 60.7 Å². The minimum atomic E-state index is -1.17. The number of rotatable bonds is 8. The number of esters is 1. The van der Waals surface area contributed by atoms with E-state index in [1.165, 1.54) is 0 Å². The van der Waals surface area contributed by atoms with Gasteiger partial charge in [-0.05, 0) is 17.5 Å². The first-order valence-electron chi connectivity index (χ1n) is 7.63. The number of hydrogen-bond donors (Lipinski definition) is 1. The second-order valence-corrected chi connectivity index (χ2v) is 5.33. The molecule has 0 aliphatic carbocycles. The highest BCUT2D eigenvalue weighted by Gasteiger charge is 2.32. The molecule has 24 heavy (non-hydrogen) atoms. The Kier molecular flexibility index (Phi) is 6.40. The minimum Gasteiger partial charge on any atom is -0.460 e. The van der Waals surface area contributed by atoms with Gasteiger partial charge >= 0.3 is 5.97 Å². The van der Waals surface area contributed by atoms with Crippen LogP contribution in [0.2, 0.25) is 0 Å². The van der Waals surface area contributed by atoms with Crippen LogP contribution in [-0.2, 0) is 32.1 Å². The molecular weight excluding hydrogens is 306 g/mol. The Labute approximate surface area is 140 Å². The smallest absolute Gasteiger partial charge is 0.317 e. The number of hydrogen-bond acceptors (Lipinski definition) is 5. The molecule has 2 aromatic carbocycles. The van der Waals surface area contributed by atoms with Crippen LogP contribution in [-0.4, -0.2) is 24.1 Å². The Bertz CT molecular complexity index is 698. The summed E-state index contributed by atoms with van der Waals surface area (Å²) in [5, 5.41) is 0. The van der Waals surface area contributed by atoms with E-state index in [9.17, 15) is 14.4 Å². The first-order chi connectivity index (χ1) is 11.6. The van der Waals surface area contributed by atoms with Crippen molar-refractivity contribution in [3.63, 3.8) is 0 Å². The highest BCUT2D eigenvalue weighted by atomic mass is 16.5. The zero-order valence-electron chi connectivity index (χ0n) is 13.2. The van der Waals surface area contributed by atoms with Crippen LogP contribution in [0.1, 0.15) is 11.1 Å². The molecule has 124 valence electrons. The summed E-state index contributed by atoms with van der Waals surface area (Å²) in [6.07, 6.45) is 0.110. The van der Waals surface area contributed by atoms with Crippen LogP contribution in [0.3, 0.4) is 0 Å². The number of carbonyl (C=O) groups is 3. The minimum absolute atomic E-state index is 0.0507. The van der Waals surface area contributed by atoms with Gasteiger partial charge in [0.05, 0.1) is 6.54 Å². The maximum absolute atomic E-state index is 12.3. The highest BCUT2D eigenvalue weighted by molar-refractivity contribution is 6.41. The van der Waals surface area contributed by atoms with Gasteiger partial charge in [0.1, 0.15) is 12.5 Å². The number of nitrogens with two attached hydrogens (primary N) is 1. The van der Waals surface area contributed by atoms with Gasteiger partial charge in [-0.25, -0.2) is 0 Å². The molecule has 0 aliphatic rings. The van der Waals surface area contributed by atoms with Gasteiger partial charge in [-0.1, -0.05) is 60.7 Å². The average molecular weight is 325 g/mol. The first-order valence-corrected chi connectivity index (χ1v) is 7.63. The van der Waals surface area contributed by atoms with Gasteiger partial charge in [-0.3, -0.25) is 14.4 Å². The third-order valence-electron chi connectivity index (χ3n) is 3.57. The van der Waals surface area contributed by atoms with Crippen molar-refractivity contribution in [1.29, 1.82) is 0 Å². The summed E-state index contributed by atoms with van der Waals surface area (Å²) in [5.74, 6) is -3.46. The van der Waals surface area contributed by atoms with Crippen LogP contribution in [0, 0.1) is 5.92 Å². The fourth-order valence-electron chi connectivity index (χ4n) is 2.26. The Balaban J connectivity index is 2.10. The predicted molar refractivity (Wildman–Crippen MR) is 88.9 cm³/mol. The Morgan fingerprint density at radius 2 is 1.42 bits per heavy atom. The van der Waals surface area contributed by atoms with E-state index in [0.717, 1.165) is 11.1 Å². The van der Waals surface area contributed by atoms with E-state index in [0.29, 0.717) is 0 Å². The lowest BCUT2D eigenvalue weighted by Gasteiger charge is -2.14. The van der Waals surface area contributed by atoms with Crippen LogP contribution in [0.4, 0.5) is 0 Å². The number of Topliss-reactive ketones (excluding diaryl/α,β-unsaturated/α-hetero) is 2. The normalized spacial score (nSPS) is 11.5. The van der Waals surface area contributed by atoms with E-state index < -0.39 is 30.0 Å². The maximum Gasteiger partial charge on any atom is 0.317 e. The molecule has 0 saturated heterocycles. The van der Waals surface area contributed by atoms with Crippen LogP contribution in [0.5, 0.6) is 0 Å². The summed E-state index contributed by atoms with van der Waals surface area (Å²) in [6.45, 7) is -0.370. The van der Waals surface area contributed by atoms with Crippen LogP contribution in [0.25, 0.3) is 0 Å². The summed E-state index contributed by atoms with van der Waals surface area (Å²) >= 11 is 0. The molecule has 1 unspecified atom stereocenters. The van der Waals surface area contributed by atoms with E-state index in [4.69, 9.17) is 10.5 Å². The van der Waals surface area contributed by atoms with Crippen molar-refractivity contribution in [3.8, 4) is 0 Å². The van der Waals surface area contributed by atoms with Gasteiger partial charge in [0.15, 0.2) is 0 Å². The van der Waals surface area contributed by atoms with Crippen molar-refractivity contribution in [3.05, 3.63) is 71.8 Å². The van der Waals surface area contributed by atoms with E-state index in [2.05, 4.69) is 0 Å². The molecule has 5 heteroatoms. The number of benzene rings is 2. The van der Waals surface area contributed by atoms with E-state index >= 15 is 0 Å². The molecule has 0 saturated carbocycles. The van der Waals surface area contributed by atoms with E-state index in [1.54, 1.807) is 24.3 Å². The molecule has 5 nitrogen and oxygen atoms in total. The van der Waals surface area contributed by atoms with Crippen LogP contribution < -0.4 is 5.73 Å².